The van der Waals surface area contributed by atoms with Gasteiger partial charge in [-0.3, -0.25) is 9.59 Å². The molecule has 10 nitrogen and oxygen atoms in total. The molecule has 0 bridgehead atoms. The van der Waals surface area contributed by atoms with Gasteiger partial charge in [-0.2, -0.15) is 0 Å². The maximum atomic E-state index is 12.9. The number of carbonyl (C=O) groups is 2. The summed E-state index contributed by atoms with van der Waals surface area (Å²) in [6, 6.07) is 6.43. The van der Waals surface area contributed by atoms with E-state index >= 15 is 0 Å². The SMILES string of the molecule is COC(=O)C[C@@]12Oc3c(c(O)cc4c3-c3cccc5c(=O)on(c35)C4)C(O)=C1C(=O)CC[C@@H]2O. The van der Waals surface area contributed by atoms with E-state index in [4.69, 9.17) is 14.0 Å². The molecule has 3 N–H and O–H groups in total. The molecule has 2 aromatic carbocycles. The number of ketones is 1. The number of rotatable bonds is 2. The average molecular weight is 465 g/mol. The van der Waals surface area contributed by atoms with E-state index < -0.39 is 41.3 Å². The maximum absolute atomic E-state index is 12.9. The number of ether oxygens (including phenoxy) is 2. The van der Waals surface area contributed by atoms with Gasteiger partial charge in [-0.05, 0) is 24.1 Å². The summed E-state index contributed by atoms with van der Waals surface area (Å²) in [6.07, 6.45) is -1.88. The van der Waals surface area contributed by atoms with E-state index in [1.54, 1.807) is 18.2 Å². The van der Waals surface area contributed by atoms with Gasteiger partial charge in [-0.15, -0.1) is 0 Å². The van der Waals surface area contributed by atoms with Crippen LogP contribution in [0.2, 0.25) is 0 Å². The molecule has 10 heteroatoms. The lowest BCUT2D eigenvalue weighted by Crippen LogP contribution is -2.57. The number of hydrogen-bond donors (Lipinski definition) is 3. The van der Waals surface area contributed by atoms with Gasteiger partial charge in [0.1, 0.15) is 22.8 Å². The number of hydrogen-bond acceptors (Lipinski definition) is 9. The Balaban J connectivity index is 1.70. The molecule has 2 atom stereocenters. The maximum Gasteiger partial charge on any atom is 0.365 e. The smallest absolute Gasteiger partial charge is 0.365 e. The number of esters is 1. The number of aliphatic hydroxyl groups is 2. The van der Waals surface area contributed by atoms with Gasteiger partial charge in [0.25, 0.3) is 0 Å². The van der Waals surface area contributed by atoms with Gasteiger partial charge in [-0.25, -0.2) is 9.53 Å². The van der Waals surface area contributed by atoms with Crippen LogP contribution in [0.5, 0.6) is 11.5 Å². The van der Waals surface area contributed by atoms with Crippen molar-refractivity contribution >= 4 is 28.4 Å². The number of Topliss-reactive ketones (excluding diaryl/α,β-unsaturated/α-hetero) is 1. The molecule has 0 amide bonds. The Morgan fingerprint density at radius 3 is 2.82 bits per heavy atom. The van der Waals surface area contributed by atoms with Crippen LogP contribution in [0, 0.1) is 0 Å². The number of aromatic hydroxyl groups is 1. The van der Waals surface area contributed by atoms with Gasteiger partial charge in [0, 0.05) is 17.5 Å². The molecule has 0 radical (unpaired) electrons. The van der Waals surface area contributed by atoms with Crippen LogP contribution in [0.1, 0.15) is 30.4 Å². The zero-order valence-electron chi connectivity index (χ0n) is 18.0. The summed E-state index contributed by atoms with van der Waals surface area (Å²) in [5, 5.41) is 33.4. The second-order valence-electron chi connectivity index (χ2n) is 8.70. The quantitative estimate of drug-likeness (QED) is 0.378. The molecule has 1 aromatic heterocycles. The standard InChI is InChI=1S/C24H19NO9/c1-32-16(29)8-24-15(28)6-5-13(26)19(24)21(30)18-14(27)7-10-9-25-20-11(17(10)22(18)33-24)3-2-4-12(20)23(31)34-25/h2-4,7,15,27-28,30H,5-6,8-9H2,1H3/t15-,24-/m0/s1. The minimum atomic E-state index is -1.90. The second kappa shape index (κ2) is 6.73. The predicted octanol–water partition coefficient (Wildman–Crippen LogP) is 2.02. The van der Waals surface area contributed by atoms with Gasteiger partial charge < -0.3 is 29.3 Å². The highest BCUT2D eigenvalue weighted by atomic mass is 16.5. The van der Waals surface area contributed by atoms with E-state index in [9.17, 15) is 29.7 Å². The minimum absolute atomic E-state index is 0.00121. The number of benzene rings is 2. The van der Waals surface area contributed by atoms with Crippen LogP contribution in [-0.4, -0.2) is 50.6 Å². The normalized spacial score (nSPS) is 22.6. The van der Waals surface area contributed by atoms with Gasteiger partial charge in [0.15, 0.2) is 11.4 Å². The van der Waals surface area contributed by atoms with Crippen molar-refractivity contribution in [3.63, 3.8) is 0 Å². The molecule has 2 aliphatic heterocycles. The van der Waals surface area contributed by atoms with Crippen molar-refractivity contribution in [2.75, 3.05) is 7.11 Å². The summed E-state index contributed by atoms with van der Waals surface area (Å²) in [5.41, 5.74) is -0.778. The monoisotopic (exact) mass is 465 g/mol. The number of aliphatic hydroxyl groups excluding tert-OH is 2. The third-order valence-electron chi connectivity index (χ3n) is 6.90. The third-order valence-corrected chi connectivity index (χ3v) is 6.90. The van der Waals surface area contributed by atoms with Crippen LogP contribution in [0.25, 0.3) is 27.8 Å². The molecule has 1 fully saturated rings. The molecule has 6 rings (SSSR count). The van der Waals surface area contributed by atoms with E-state index in [1.807, 2.05) is 0 Å². The van der Waals surface area contributed by atoms with Crippen molar-refractivity contribution in [2.24, 2.45) is 0 Å². The van der Waals surface area contributed by atoms with Crippen molar-refractivity contribution < 1.29 is 38.9 Å². The molecule has 1 aliphatic carbocycles. The lowest BCUT2D eigenvalue weighted by Gasteiger charge is -2.45. The Bertz CT molecular complexity index is 1530. The van der Waals surface area contributed by atoms with Gasteiger partial charge in [0.2, 0.25) is 0 Å². The zero-order chi connectivity index (χ0) is 23.9. The van der Waals surface area contributed by atoms with Crippen LogP contribution in [0.15, 0.2) is 39.2 Å². The summed E-state index contributed by atoms with van der Waals surface area (Å²) in [4.78, 5) is 37.6. The van der Waals surface area contributed by atoms with E-state index in [-0.39, 0.29) is 42.0 Å². The second-order valence-corrected chi connectivity index (χ2v) is 8.70. The largest absolute Gasteiger partial charge is 0.507 e. The predicted molar refractivity (Wildman–Crippen MR) is 116 cm³/mol. The zero-order valence-corrected chi connectivity index (χ0v) is 18.0. The molecule has 0 spiro atoms. The molecule has 3 aromatic rings. The fraction of sp³-hybridized carbons (Fsp3) is 0.292. The molecule has 34 heavy (non-hydrogen) atoms. The fourth-order valence-corrected chi connectivity index (χ4v) is 5.40. The van der Waals surface area contributed by atoms with E-state index in [0.717, 1.165) is 0 Å². The number of carbonyl (C=O) groups excluding carboxylic acids is 2. The van der Waals surface area contributed by atoms with Crippen molar-refractivity contribution in [3.8, 4) is 22.6 Å². The van der Waals surface area contributed by atoms with Gasteiger partial charge >= 0.3 is 11.6 Å². The van der Waals surface area contributed by atoms with Crippen LogP contribution in [-0.2, 0) is 20.9 Å². The third kappa shape index (κ3) is 2.45. The van der Waals surface area contributed by atoms with Crippen molar-refractivity contribution in [3.05, 3.63) is 51.4 Å². The molecule has 0 unspecified atom stereocenters. The van der Waals surface area contributed by atoms with Crippen molar-refractivity contribution in [1.29, 1.82) is 0 Å². The summed E-state index contributed by atoms with van der Waals surface area (Å²) >= 11 is 0. The lowest BCUT2D eigenvalue weighted by atomic mass is 9.71. The van der Waals surface area contributed by atoms with Crippen LogP contribution < -0.4 is 10.4 Å². The lowest BCUT2D eigenvalue weighted by molar-refractivity contribution is -0.150. The topological polar surface area (TPSA) is 148 Å². The summed E-state index contributed by atoms with van der Waals surface area (Å²) < 4.78 is 17.9. The summed E-state index contributed by atoms with van der Waals surface area (Å²) in [7, 11) is 1.17. The van der Waals surface area contributed by atoms with Gasteiger partial charge in [-0.1, -0.05) is 12.1 Å². The van der Waals surface area contributed by atoms with E-state index in [0.29, 0.717) is 27.6 Å². The number of fused-ring (bicyclic) bond motifs is 5. The molecular weight excluding hydrogens is 446 g/mol. The van der Waals surface area contributed by atoms with Crippen molar-refractivity contribution in [2.45, 2.75) is 37.5 Å². The fourth-order valence-electron chi connectivity index (χ4n) is 5.40. The molecule has 174 valence electrons. The van der Waals surface area contributed by atoms with Crippen molar-refractivity contribution in [1.82, 2.24) is 4.74 Å². The first-order chi connectivity index (χ1) is 16.3. The first-order valence-corrected chi connectivity index (χ1v) is 10.7. The van der Waals surface area contributed by atoms with Gasteiger partial charge in [0.05, 0.1) is 42.7 Å². The number of phenols is 1. The Morgan fingerprint density at radius 2 is 2.06 bits per heavy atom. The number of phenolic OH excluding ortho intramolecular Hbond substituents is 1. The van der Waals surface area contributed by atoms with E-state index in [2.05, 4.69) is 0 Å². The Kier molecular flexibility index (Phi) is 4.07. The van der Waals surface area contributed by atoms with Crippen LogP contribution in [0.4, 0.5) is 0 Å². The Morgan fingerprint density at radius 1 is 1.26 bits per heavy atom. The highest BCUT2D eigenvalue weighted by Crippen LogP contribution is 2.55. The summed E-state index contributed by atoms with van der Waals surface area (Å²) in [6.45, 7) is 0.0953. The highest BCUT2D eigenvalue weighted by Gasteiger charge is 2.56. The Labute approximate surface area is 191 Å². The minimum Gasteiger partial charge on any atom is -0.507 e. The highest BCUT2D eigenvalue weighted by molar-refractivity contribution is 6.08. The number of aromatic nitrogens is 1. The molecule has 1 saturated carbocycles. The first-order valence-electron chi connectivity index (χ1n) is 10.7. The van der Waals surface area contributed by atoms with E-state index in [1.165, 1.54) is 17.9 Å². The summed E-state index contributed by atoms with van der Waals surface area (Å²) in [5.74, 6) is -2.16. The van der Waals surface area contributed by atoms with Crippen LogP contribution >= 0.6 is 0 Å². The molecule has 0 saturated heterocycles. The molecule has 3 heterocycles. The number of nitrogens with zero attached hydrogens (tertiary/aromatic N) is 1. The number of methoxy groups -OCH3 is 1. The Hall–Kier alpha value is -4.05. The molecule has 3 aliphatic rings. The average Bonchev–Trinajstić information content (AvgIpc) is 3.12. The van der Waals surface area contributed by atoms with Crippen LogP contribution in [0.3, 0.4) is 0 Å². The number of para-hydroxylation sites is 1. The molecular formula is C24H19NO9. The first kappa shape index (κ1) is 20.5.